The molecule has 0 radical (unpaired) electrons. The number of carboxylic acid groups (broad SMARTS) is 1. The van der Waals surface area contributed by atoms with Gasteiger partial charge in [-0.05, 0) is 40.0 Å². The molecule has 7 nitrogen and oxygen atoms in total. The molecule has 1 aromatic heterocycles. The van der Waals surface area contributed by atoms with Crippen LogP contribution in [0.2, 0.25) is 0 Å². The minimum absolute atomic E-state index is 0.170. The maximum absolute atomic E-state index is 13.3. The first kappa shape index (κ1) is 23.2. The summed E-state index contributed by atoms with van der Waals surface area (Å²) in [6.45, 7) is 8.36. The van der Waals surface area contributed by atoms with Crippen molar-refractivity contribution >= 4 is 11.9 Å². The van der Waals surface area contributed by atoms with Gasteiger partial charge in [-0.3, -0.25) is 9.69 Å². The fraction of sp³-hybridized carbons (Fsp3) is 0.737. The van der Waals surface area contributed by atoms with Gasteiger partial charge in [0, 0.05) is 38.6 Å². The molecule has 1 amide bonds. The zero-order valence-electron chi connectivity index (χ0n) is 17.2. The second-order valence-corrected chi connectivity index (χ2v) is 7.85. The van der Waals surface area contributed by atoms with Crippen LogP contribution in [0.25, 0.3) is 0 Å². The zero-order valence-corrected chi connectivity index (χ0v) is 17.2. The fourth-order valence-corrected chi connectivity index (χ4v) is 3.95. The maximum atomic E-state index is 13.3. The number of rotatable bonds is 2. The van der Waals surface area contributed by atoms with Crippen molar-refractivity contribution in [3.63, 3.8) is 0 Å². The molecule has 0 bridgehead atoms. The van der Waals surface area contributed by atoms with Crippen LogP contribution in [-0.4, -0.2) is 67.7 Å². The van der Waals surface area contributed by atoms with E-state index in [-0.39, 0.29) is 11.9 Å². The van der Waals surface area contributed by atoms with Crippen LogP contribution in [0.5, 0.6) is 0 Å². The molecule has 2 atom stereocenters. The highest BCUT2D eigenvalue weighted by molar-refractivity contribution is 5.84. The molecule has 1 N–H and O–H groups in total. The summed E-state index contributed by atoms with van der Waals surface area (Å²) in [4.78, 5) is 31.2. The number of likely N-dealkylation sites (tertiary alicyclic amines) is 1. The van der Waals surface area contributed by atoms with E-state index >= 15 is 0 Å². The Kier molecular flexibility index (Phi) is 7.31. The topological polar surface area (TPSA) is 78.7 Å². The van der Waals surface area contributed by atoms with Gasteiger partial charge in [0.2, 0.25) is 5.91 Å². The zero-order chi connectivity index (χ0) is 21.9. The molecule has 1 aromatic rings. The van der Waals surface area contributed by atoms with Crippen molar-refractivity contribution in [1.29, 1.82) is 0 Å². The van der Waals surface area contributed by atoms with Gasteiger partial charge in [0.05, 0.1) is 17.7 Å². The van der Waals surface area contributed by atoms with Crippen LogP contribution in [0, 0.1) is 0 Å². The Morgan fingerprint density at radius 1 is 1.24 bits per heavy atom. The summed E-state index contributed by atoms with van der Waals surface area (Å²) in [5.41, 5.74) is 2.20. The molecule has 1 fully saturated rings. The van der Waals surface area contributed by atoms with Crippen LogP contribution in [0.15, 0.2) is 6.33 Å². The number of nitrogens with zero attached hydrogens (tertiary/aromatic N) is 4. The standard InChI is InChI=1S/C17H28N4O.C2HF3O2/c1-12(2)20-10-8-14-15(19(4)11-18-14)16(20)17(22)21-9-6-5-7-13(21)3;3-2(4,5)1(6)7/h11-13,16H,5-10H2,1-4H3;(H,6,7). The number of carbonyl (C=O) groups excluding carboxylic acids is 1. The first-order chi connectivity index (χ1) is 13.4. The number of halogens is 3. The molecule has 1 saturated heterocycles. The Morgan fingerprint density at radius 3 is 2.38 bits per heavy atom. The van der Waals surface area contributed by atoms with Crippen molar-refractivity contribution < 1.29 is 27.9 Å². The van der Waals surface area contributed by atoms with Gasteiger partial charge in [-0.25, -0.2) is 9.78 Å². The van der Waals surface area contributed by atoms with Crippen molar-refractivity contribution in [2.24, 2.45) is 7.05 Å². The molecule has 0 saturated carbocycles. The normalized spacial score (nSPS) is 22.7. The molecular formula is C19H29F3N4O3. The molecular weight excluding hydrogens is 389 g/mol. The van der Waals surface area contributed by atoms with Gasteiger partial charge in [-0.15, -0.1) is 0 Å². The first-order valence-corrected chi connectivity index (χ1v) is 9.81. The fourth-order valence-electron chi connectivity index (χ4n) is 3.95. The summed E-state index contributed by atoms with van der Waals surface area (Å²) in [5.74, 6) is -2.49. The number of aliphatic carboxylic acids is 1. The van der Waals surface area contributed by atoms with Gasteiger partial charge in [-0.2, -0.15) is 13.2 Å². The van der Waals surface area contributed by atoms with E-state index < -0.39 is 12.1 Å². The van der Waals surface area contributed by atoms with E-state index in [4.69, 9.17) is 9.90 Å². The van der Waals surface area contributed by atoms with E-state index in [1.54, 1.807) is 0 Å². The summed E-state index contributed by atoms with van der Waals surface area (Å²) in [7, 11) is 2.01. The quantitative estimate of drug-likeness (QED) is 0.799. The van der Waals surface area contributed by atoms with E-state index in [0.717, 1.165) is 43.7 Å². The number of amides is 1. The van der Waals surface area contributed by atoms with Crippen molar-refractivity contribution in [3.8, 4) is 0 Å². The number of aryl methyl sites for hydroxylation is 1. The molecule has 10 heteroatoms. The van der Waals surface area contributed by atoms with Gasteiger partial charge < -0.3 is 14.6 Å². The van der Waals surface area contributed by atoms with Crippen LogP contribution in [0.4, 0.5) is 13.2 Å². The smallest absolute Gasteiger partial charge is 0.475 e. The number of imidazole rings is 1. The largest absolute Gasteiger partial charge is 0.490 e. The Bertz CT molecular complexity index is 733. The monoisotopic (exact) mass is 418 g/mol. The third-order valence-electron chi connectivity index (χ3n) is 5.49. The van der Waals surface area contributed by atoms with Crippen molar-refractivity contribution in [2.75, 3.05) is 13.1 Å². The Hall–Kier alpha value is -2.10. The number of hydrogen-bond acceptors (Lipinski definition) is 4. The average Bonchev–Trinajstić information content (AvgIpc) is 3.01. The van der Waals surface area contributed by atoms with Gasteiger partial charge in [0.1, 0.15) is 6.04 Å². The number of carbonyl (C=O) groups is 2. The lowest BCUT2D eigenvalue weighted by atomic mass is 9.96. The van der Waals surface area contributed by atoms with Crippen LogP contribution < -0.4 is 0 Å². The van der Waals surface area contributed by atoms with Gasteiger partial charge in [-0.1, -0.05) is 0 Å². The van der Waals surface area contributed by atoms with Crippen LogP contribution in [0.3, 0.4) is 0 Å². The van der Waals surface area contributed by atoms with Gasteiger partial charge >= 0.3 is 12.1 Å². The van der Waals surface area contributed by atoms with Crippen molar-refractivity contribution in [3.05, 3.63) is 17.7 Å². The van der Waals surface area contributed by atoms with Crippen LogP contribution in [0.1, 0.15) is 57.5 Å². The second-order valence-electron chi connectivity index (χ2n) is 7.85. The summed E-state index contributed by atoms with van der Waals surface area (Å²) in [5, 5.41) is 7.12. The Morgan fingerprint density at radius 2 is 1.86 bits per heavy atom. The number of aromatic nitrogens is 2. The average molecular weight is 418 g/mol. The Labute approximate surface area is 168 Å². The summed E-state index contributed by atoms with van der Waals surface area (Å²) in [6, 6.07) is 0.544. The first-order valence-electron chi connectivity index (χ1n) is 9.81. The highest BCUT2D eigenvalue weighted by Gasteiger charge is 2.41. The van der Waals surface area contributed by atoms with Gasteiger partial charge in [0.15, 0.2) is 0 Å². The van der Waals surface area contributed by atoms with E-state index in [9.17, 15) is 18.0 Å². The summed E-state index contributed by atoms with van der Waals surface area (Å²) >= 11 is 0. The van der Waals surface area contributed by atoms with Crippen LogP contribution >= 0.6 is 0 Å². The van der Waals surface area contributed by atoms with E-state index in [2.05, 4.69) is 35.6 Å². The number of carboxylic acids is 1. The minimum atomic E-state index is -5.08. The summed E-state index contributed by atoms with van der Waals surface area (Å²) in [6.07, 6.45) is 1.20. The molecule has 2 unspecified atom stereocenters. The molecule has 0 spiro atoms. The Balaban J connectivity index is 0.000000370. The molecule has 0 aliphatic carbocycles. The molecule has 3 rings (SSSR count). The highest BCUT2D eigenvalue weighted by atomic mass is 19.4. The third-order valence-corrected chi connectivity index (χ3v) is 5.49. The lowest BCUT2D eigenvalue weighted by Crippen LogP contribution is -2.52. The SMILES string of the molecule is CC1CCCCN1C(=O)C1c2c(ncn2C)CCN1C(C)C.O=C(O)C(F)(F)F. The predicted molar refractivity (Wildman–Crippen MR) is 100 cm³/mol. The lowest BCUT2D eigenvalue weighted by Gasteiger charge is -2.42. The van der Waals surface area contributed by atoms with Gasteiger partial charge in [0.25, 0.3) is 0 Å². The predicted octanol–water partition coefficient (Wildman–Crippen LogP) is 2.76. The summed E-state index contributed by atoms with van der Waals surface area (Å²) < 4.78 is 33.8. The number of hydrogen-bond donors (Lipinski definition) is 1. The van der Waals surface area contributed by atoms with Crippen LogP contribution in [-0.2, 0) is 23.1 Å². The molecule has 2 aliphatic heterocycles. The molecule has 3 heterocycles. The molecule has 164 valence electrons. The minimum Gasteiger partial charge on any atom is -0.475 e. The maximum Gasteiger partial charge on any atom is 0.490 e. The highest BCUT2D eigenvalue weighted by Crippen LogP contribution is 2.33. The molecule has 29 heavy (non-hydrogen) atoms. The van der Waals surface area contributed by atoms with E-state index in [0.29, 0.717) is 12.1 Å². The van der Waals surface area contributed by atoms with E-state index in [1.807, 2.05) is 17.9 Å². The van der Waals surface area contributed by atoms with E-state index in [1.165, 1.54) is 6.42 Å². The second kappa shape index (κ2) is 9.15. The number of alkyl halides is 3. The number of fused-ring (bicyclic) bond motifs is 1. The molecule has 0 aromatic carbocycles. The van der Waals surface area contributed by atoms with Crippen molar-refractivity contribution in [1.82, 2.24) is 19.4 Å². The lowest BCUT2D eigenvalue weighted by molar-refractivity contribution is -0.192. The third kappa shape index (κ3) is 5.29. The molecule has 2 aliphatic rings. The number of piperidine rings is 1. The van der Waals surface area contributed by atoms with Crippen molar-refractivity contribution in [2.45, 2.75) is 70.8 Å².